The second-order valence-electron chi connectivity index (χ2n) is 6.80. The van der Waals surface area contributed by atoms with Crippen LogP contribution in [0.1, 0.15) is 34.8 Å². The fourth-order valence-corrected chi connectivity index (χ4v) is 3.59. The van der Waals surface area contributed by atoms with Crippen molar-refractivity contribution in [2.24, 2.45) is 0 Å². The maximum Gasteiger partial charge on any atom is 0.254 e. The van der Waals surface area contributed by atoms with Gasteiger partial charge in [-0.3, -0.25) is 4.79 Å². The second-order valence-corrected chi connectivity index (χ2v) is 6.80. The molecule has 26 heavy (non-hydrogen) atoms. The molecule has 1 aliphatic rings. The third-order valence-electron chi connectivity index (χ3n) is 5.00. The van der Waals surface area contributed by atoms with Crippen LogP contribution in [0.4, 0.5) is 4.39 Å². The molecule has 134 valence electrons. The SMILES string of the molecule is Cc1cc(F)ccc1C(=O)N1CCCC(n2cnc(-c3ccc[nH]3)c2)C1. The lowest BCUT2D eigenvalue weighted by molar-refractivity contribution is 0.0678. The molecule has 0 bridgehead atoms. The van der Waals surface area contributed by atoms with Crippen LogP contribution in [-0.2, 0) is 0 Å². The van der Waals surface area contributed by atoms with Crippen LogP contribution in [0.2, 0.25) is 0 Å². The van der Waals surface area contributed by atoms with Gasteiger partial charge in [-0.05, 0) is 55.7 Å². The maximum atomic E-state index is 13.3. The molecule has 1 unspecified atom stereocenters. The highest BCUT2D eigenvalue weighted by atomic mass is 19.1. The van der Waals surface area contributed by atoms with Crippen LogP contribution < -0.4 is 0 Å². The van der Waals surface area contributed by atoms with E-state index in [2.05, 4.69) is 14.5 Å². The average Bonchev–Trinajstić information content (AvgIpc) is 3.33. The molecule has 1 N–H and O–H groups in total. The van der Waals surface area contributed by atoms with E-state index >= 15 is 0 Å². The Morgan fingerprint density at radius 1 is 1.35 bits per heavy atom. The van der Waals surface area contributed by atoms with Gasteiger partial charge in [-0.2, -0.15) is 0 Å². The zero-order valence-corrected chi connectivity index (χ0v) is 14.7. The minimum atomic E-state index is -0.314. The maximum absolute atomic E-state index is 13.3. The number of rotatable bonds is 3. The summed E-state index contributed by atoms with van der Waals surface area (Å²) in [6, 6.07) is 8.47. The van der Waals surface area contributed by atoms with Gasteiger partial charge in [0.05, 0.1) is 18.1 Å². The van der Waals surface area contributed by atoms with E-state index in [1.807, 2.05) is 35.8 Å². The molecule has 3 heterocycles. The van der Waals surface area contributed by atoms with Crippen molar-refractivity contribution >= 4 is 5.91 Å². The molecule has 1 amide bonds. The van der Waals surface area contributed by atoms with Gasteiger partial charge in [-0.15, -0.1) is 0 Å². The zero-order chi connectivity index (χ0) is 18.1. The van der Waals surface area contributed by atoms with Gasteiger partial charge in [0.15, 0.2) is 0 Å². The summed E-state index contributed by atoms with van der Waals surface area (Å²) in [4.78, 5) is 22.4. The first-order valence-electron chi connectivity index (χ1n) is 8.84. The van der Waals surface area contributed by atoms with E-state index < -0.39 is 0 Å². The first-order chi connectivity index (χ1) is 12.6. The lowest BCUT2D eigenvalue weighted by Crippen LogP contribution is -2.40. The Bertz CT molecular complexity index is 916. The summed E-state index contributed by atoms with van der Waals surface area (Å²) >= 11 is 0. The number of nitrogens with zero attached hydrogens (tertiary/aromatic N) is 3. The summed E-state index contributed by atoms with van der Waals surface area (Å²) in [6.45, 7) is 3.14. The highest BCUT2D eigenvalue weighted by Gasteiger charge is 2.26. The zero-order valence-electron chi connectivity index (χ0n) is 14.7. The Labute approximate surface area is 151 Å². The van der Waals surface area contributed by atoms with Gasteiger partial charge in [0.1, 0.15) is 11.5 Å². The number of halogens is 1. The summed E-state index contributed by atoms with van der Waals surface area (Å²) < 4.78 is 15.4. The van der Waals surface area contributed by atoms with Crippen molar-refractivity contribution in [2.75, 3.05) is 13.1 Å². The van der Waals surface area contributed by atoms with Crippen LogP contribution in [0.15, 0.2) is 49.1 Å². The van der Waals surface area contributed by atoms with Crippen LogP contribution in [0.25, 0.3) is 11.4 Å². The average molecular weight is 352 g/mol. The Kier molecular flexibility index (Phi) is 4.32. The molecule has 0 radical (unpaired) electrons. The van der Waals surface area contributed by atoms with E-state index in [0.29, 0.717) is 17.7 Å². The van der Waals surface area contributed by atoms with Crippen molar-refractivity contribution in [1.29, 1.82) is 0 Å². The van der Waals surface area contributed by atoms with Crippen LogP contribution in [0, 0.1) is 12.7 Å². The standard InChI is InChI=1S/C20H21FN4O/c1-14-10-15(21)6-7-17(14)20(26)24-9-3-4-16(11-24)25-12-19(23-13-25)18-5-2-8-22-18/h2,5-8,10,12-13,16,22H,3-4,9,11H2,1H3. The topological polar surface area (TPSA) is 53.9 Å². The highest BCUT2D eigenvalue weighted by molar-refractivity contribution is 5.95. The molecule has 1 saturated heterocycles. The smallest absolute Gasteiger partial charge is 0.254 e. The minimum Gasteiger partial charge on any atom is -0.360 e. The number of aromatic amines is 1. The van der Waals surface area contributed by atoms with Gasteiger partial charge in [0.2, 0.25) is 0 Å². The number of carbonyl (C=O) groups is 1. The number of amides is 1. The summed E-state index contributed by atoms with van der Waals surface area (Å²) in [5.74, 6) is -0.345. The first-order valence-corrected chi connectivity index (χ1v) is 8.84. The molecule has 4 rings (SSSR count). The van der Waals surface area contributed by atoms with Gasteiger partial charge in [-0.25, -0.2) is 9.37 Å². The van der Waals surface area contributed by atoms with Gasteiger partial charge in [0, 0.05) is 31.0 Å². The predicted octanol–water partition coefficient (Wildman–Crippen LogP) is 3.80. The molecule has 6 heteroatoms. The third-order valence-corrected chi connectivity index (χ3v) is 5.00. The van der Waals surface area contributed by atoms with Gasteiger partial charge >= 0.3 is 0 Å². The number of benzene rings is 1. The van der Waals surface area contributed by atoms with Crippen molar-refractivity contribution in [3.8, 4) is 11.4 Å². The van der Waals surface area contributed by atoms with Gasteiger partial charge in [-0.1, -0.05) is 0 Å². The molecule has 0 aliphatic carbocycles. The van der Waals surface area contributed by atoms with Crippen molar-refractivity contribution < 1.29 is 9.18 Å². The predicted molar refractivity (Wildman–Crippen MR) is 97.3 cm³/mol. The van der Waals surface area contributed by atoms with E-state index in [-0.39, 0.29) is 17.8 Å². The lowest BCUT2D eigenvalue weighted by atomic mass is 10.0. The Morgan fingerprint density at radius 3 is 3.00 bits per heavy atom. The fraction of sp³-hybridized carbons (Fsp3) is 0.300. The van der Waals surface area contributed by atoms with Crippen molar-refractivity contribution in [3.05, 3.63) is 66.0 Å². The second kappa shape index (κ2) is 6.78. The molecule has 0 saturated carbocycles. The molecule has 1 fully saturated rings. The normalized spacial score (nSPS) is 17.5. The third kappa shape index (κ3) is 3.14. The number of hydrogen-bond acceptors (Lipinski definition) is 2. The van der Waals surface area contributed by atoms with Crippen molar-refractivity contribution in [3.63, 3.8) is 0 Å². The monoisotopic (exact) mass is 352 g/mol. The summed E-state index contributed by atoms with van der Waals surface area (Å²) in [5, 5.41) is 0. The number of imidazole rings is 1. The number of aryl methyl sites for hydroxylation is 1. The van der Waals surface area contributed by atoms with Gasteiger partial charge < -0.3 is 14.5 Å². The number of nitrogens with one attached hydrogen (secondary N) is 1. The molecule has 1 aromatic carbocycles. The van der Waals surface area contributed by atoms with Crippen LogP contribution in [0.5, 0.6) is 0 Å². The number of carbonyl (C=O) groups excluding carboxylic acids is 1. The van der Waals surface area contributed by atoms with Gasteiger partial charge in [0.25, 0.3) is 5.91 Å². The number of likely N-dealkylation sites (tertiary alicyclic amines) is 1. The largest absolute Gasteiger partial charge is 0.360 e. The van der Waals surface area contributed by atoms with Crippen LogP contribution in [0.3, 0.4) is 0 Å². The van der Waals surface area contributed by atoms with E-state index in [1.165, 1.54) is 12.1 Å². The number of H-pyrrole nitrogens is 1. The Morgan fingerprint density at radius 2 is 2.23 bits per heavy atom. The molecule has 2 aromatic heterocycles. The van der Waals surface area contributed by atoms with E-state index in [9.17, 15) is 9.18 Å². The summed E-state index contributed by atoms with van der Waals surface area (Å²) in [7, 11) is 0. The molecule has 1 aliphatic heterocycles. The van der Waals surface area contributed by atoms with Crippen molar-refractivity contribution in [2.45, 2.75) is 25.8 Å². The molecule has 5 nitrogen and oxygen atoms in total. The molecular formula is C20H21FN4O. The van der Waals surface area contributed by atoms with Crippen molar-refractivity contribution in [1.82, 2.24) is 19.4 Å². The summed E-state index contributed by atoms with van der Waals surface area (Å²) in [5.41, 5.74) is 3.13. The molecule has 3 aromatic rings. The molecule has 1 atom stereocenters. The Balaban J connectivity index is 1.51. The molecular weight excluding hydrogens is 331 g/mol. The number of aromatic nitrogens is 3. The minimum absolute atomic E-state index is 0.0306. The molecule has 0 spiro atoms. The number of hydrogen-bond donors (Lipinski definition) is 1. The van der Waals surface area contributed by atoms with E-state index in [1.54, 1.807) is 13.0 Å². The van der Waals surface area contributed by atoms with E-state index in [0.717, 1.165) is 30.8 Å². The quantitative estimate of drug-likeness (QED) is 0.779. The Hall–Kier alpha value is -2.89. The fourth-order valence-electron chi connectivity index (χ4n) is 3.59. The highest BCUT2D eigenvalue weighted by Crippen LogP contribution is 2.25. The number of piperidine rings is 1. The first kappa shape index (κ1) is 16.6. The van der Waals surface area contributed by atoms with Crippen LogP contribution in [-0.4, -0.2) is 38.4 Å². The lowest BCUT2D eigenvalue weighted by Gasteiger charge is -2.33. The summed E-state index contributed by atoms with van der Waals surface area (Å²) in [6.07, 6.45) is 7.67. The van der Waals surface area contributed by atoms with E-state index in [4.69, 9.17) is 0 Å². The van der Waals surface area contributed by atoms with Crippen LogP contribution >= 0.6 is 0 Å².